The van der Waals surface area contributed by atoms with E-state index in [-0.39, 0.29) is 17.9 Å². The maximum atomic E-state index is 12.6. The normalized spacial score (nSPS) is 10.9. The number of thioether (sulfide) groups is 1. The zero-order valence-electron chi connectivity index (χ0n) is 14.5. The van der Waals surface area contributed by atoms with Crippen LogP contribution in [-0.2, 0) is 11.3 Å². The Morgan fingerprint density at radius 1 is 1.22 bits per heavy atom. The highest BCUT2D eigenvalue weighted by Gasteiger charge is 2.12. The van der Waals surface area contributed by atoms with Crippen molar-refractivity contribution in [2.45, 2.75) is 25.0 Å². The SMILES string of the molecule is CCn1c(SCCC(=O)Nc2cc(Cl)ccc2Cl)nc2ccccc2c1=O. The van der Waals surface area contributed by atoms with E-state index in [2.05, 4.69) is 10.3 Å². The van der Waals surface area contributed by atoms with E-state index in [1.165, 1.54) is 11.8 Å². The zero-order valence-corrected chi connectivity index (χ0v) is 16.9. The molecule has 3 rings (SSSR count). The summed E-state index contributed by atoms with van der Waals surface area (Å²) in [6.45, 7) is 2.42. The van der Waals surface area contributed by atoms with E-state index in [9.17, 15) is 9.59 Å². The number of aromatic nitrogens is 2. The Hall–Kier alpha value is -2.02. The first-order chi connectivity index (χ1) is 13.0. The van der Waals surface area contributed by atoms with Crippen molar-refractivity contribution in [1.29, 1.82) is 0 Å². The number of anilines is 1. The van der Waals surface area contributed by atoms with Gasteiger partial charge in [-0.05, 0) is 37.3 Å². The van der Waals surface area contributed by atoms with E-state index < -0.39 is 0 Å². The molecule has 1 heterocycles. The Bertz CT molecular complexity index is 1050. The summed E-state index contributed by atoms with van der Waals surface area (Å²) in [5.74, 6) is 0.298. The second-order valence-electron chi connectivity index (χ2n) is 5.73. The minimum Gasteiger partial charge on any atom is -0.325 e. The van der Waals surface area contributed by atoms with Crippen molar-refractivity contribution in [2.75, 3.05) is 11.1 Å². The molecule has 1 N–H and O–H groups in total. The third kappa shape index (κ3) is 4.64. The number of rotatable bonds is 6. The molecular formula is C19H17Cl2N3O2S. The Balaban J connectivity index is 1.69. The maximum absolute atomic E-state index is 12.6. The highest BCUT2D eigenvalue weighted by atomic mass is 35.5. The molecule has 0 atom stereocenters. The van der Waals surface area contributed by atoms with Gasteiger partial charge in [-0.25, -0.2) is 4.98 Å². The van der Waals surface area contributed by atoms with Gasteiger partial charge in [-0.15, -0.1) is 0 Å². The summed E-state index contributed by atoms with van der Waals surface area (Å²) in [5, 5.41) is 4.87. The second-order valence-corrected chi connectivity index (χ2v) is 7.64. The molecule has 1 amide bonds. The predicted molar refractivity (Wildman–Crippen MR) is 112 cm³/mol. The molecule has 0 unspecified atom stereocenters. The molecule has 0 aliphatic rings. The number of hydrogen-bond acceptors (Lipinski definition) is 4. The molecule has 0 bridgehead atoms. The van der Waals surface area contributed by atoms with Crippen molar-refractivity contribution in [3.63, 3.8) is 0 Å². The van der Waals surface area contributed by atoms with E-state index in [0.29, 0.717) is 44.1 Å². The van der Waals surface area contributed by atoms with Crippen LogP contribution < -0.4 is 10.9 Å². The van der Waals surface area contributed by atoms with E-state index >= 15 is 0 Å². The van der Waals surface area contributed by atoms with Crippen LogP contribution in [-0.4, -0.2) is 21.2 Å². The Morgan fingerprint density at radius 3 is 2.78 bits per heavy atom. The van der Waals surface area contributed by atoms with Gasteiger partial charge in [-0.3, -0.25) is 14.2 Å². The number of hydrogen-bond donors (Lipinski definition) is 1. The van der Waals surface area contributed by atoms with Crippen LogP contribution in [0, 0.1) is 0 Å². The van der Waals surface area contributed by atoms with Crippen LogP contribution in [0.2, 0.25) is 10.0 Å². The van der Waals surface area contributed by atoms with Crippen LogP contribution in [0.25, 0.3) is 10.9 Å². The predicted octanol–water partition coefficient (Wildman–Crippen LogP) is 4.84. The van der Waals surface area contributed by atoms with Crippen molar-refractivity contribution >= 4 is 57.5 Å². The largest absolute Gasteiger partial charge is 0.325 e. The molecule has 0 spiro atoms. The molecule has 8 heteroatoms. The minimum atomic E-state index is -0.183. The summed E-state index contributed by atoms with van der Waals surface area (Å²) in [5.41, 5.74) is 1.07. The summed E-state index contributed by atoms with van der Waals surface area (Å²) in [4.78, 5) is 29.3. The minimum absolute atomic E-state index is 0.0687. The lowest BCUT2D eigenvalue weighted by atomic mass is 10.2. The molecule has 5 nitrogen and oxygen atoms in total. The van der Waals surface area contributed by atoms with Crippen molar-refractivity contribution in [2.24, 2.45) is 0 Å². The monoisotopic (exact) mass is 421 g/mol. The van der Waals surface area contributed by atoms with Gasteiger partial charge in [-0.1, -0.05) is 47.1 Å². The average molecular weight is 422 g/mol. The second kappa shape index (κ2) is 8.78. The molecule has 0 fully saturated rings. The molecule has 140 valence electrons. The lowest BCUT2D eigenvalue weighted by Gasteiger charge is -2.11. The van der Waals surface area contributed by atoms with Crippen LogP contribution in [0.5, 0.6) is 0 Å². The molecular weight excluding hydrogens is 405 g/mol. The molecule has 3 aromatic rings. The number of halogens is 2. The van der Waals surface area contributed by atoms with Crippen LogP contribution in [0.3, 0.4) is 0 Å². The molecule has 1 aromatic heterocycles. The van der Waals surface area contributed by atoms with Crippen LogP contribution >= 0.6 is 35.0 Å². The zero-order chi connectivity index (χ0) is 19.4. The summed E-state index contributed by atoms with van der Waals surface area (Å²) < 4.78 is 1.62. The van der Waals surface area contributed by atoms with Gasteiger partial charge < -0.3 is 5.32 Å². The van der Waals surface area contributed by atoms with E-state index in [4.69, 9.17) is 23.2 Å². The highest BCUT2D eigenvalue weighted by molar-refractivity contribution is 7.99. The topological polar surface area (TPSA) is 64.0 Å². The van der Waals surface area contributed by atoms with Crippen LogP contribution in [0.15, 0.2) is 52.4 Å². The number of carbonyl (C=O) groups excluding carboxylic acids is 1. The van der Waals surface area contributed by atoms with Gasteiger partial charge >= 0.3 is 0 Å². The summed E-state index contributed by atoms with van der Waals surface area (Å²) in [6, 6.07) is 12.2. The number of benzene rings is 2. The Morgan fingerprint density at radius 2 is 2.00 bits per heavy atom. The molecule has 0 saturated carbocycles. The van der Waals surface area contributed by atoms with Crippen LogP contribution in [0.4, 0.5) is 5.69 Å². The maximum Gasteiger partial charge on any atom is 0.262 e. The first-order valence-electron chi connectivity index (χ1n) is 8.37. The van der Waals surface area contributed by atoms with Crippen molar-refractivity contribution < 1.29 is 4.79 Å². The van der Waals surface area contributed by atoms with Crippen molar-refractivity contribution in [3.05, 3.63) is 62.9 Å². The summed E-state index contributed by atoms with van der Waals surface area (Å²) in [7, 11) is 0. The average Bonchev–Trinajstić information content (AvgIpc) is 2.65. The summed E-state index contributed by atoms with van der Waals surface area (Å²) in [6.07, 6.45) is 0.250. The number of nitrogens with one attached hydrogen (secondary N) is 1. The number of para-hydroxylation sites is 1. The van der Waals surface area contributed by atoms with Gasteiger partial charge in [0, 0.05) is 23.7 Å². The van der Waals surface area contributed by atoms with Gasteiger partial charge in [-0.2, -0.15) is 0 Å². The molecule has 0 saturated heterocycles. The van der Waals surface area contributed by atoms with Gasteiger partial charge in [0.1, 0.15) is 0 Å². The third-order valence-electron chi connectivity index (χ3n) is 3.91. The summed E-state index contributed by atoms with van der Waals surface area (Å²) >= 11 is 13.4. The number of nitrogens with zero attached hydrogens (tertiary/aromatic N) is 2. The Kier molecular flexibility index (Phi) is 6.42. The van der Waals surface area contributed by atoms with E-state index in [1.54, 1.807) is 28.8 Å². The number of fused-ring (bicyclic) bond motifs is 1. The van der Waals surface area contributed by atoms with Gasteiger partial charge in [0.05, 0.1) is 21.6 Å². The molecule has 0 aliphatic carbocycles. The molecule has 2 aromatic carbocycles. The molecule has 0 radical (unpaired) electrons. The first-order valence-corrected chi connectivity index (χ1v) is 10.1. The molecule has 27 heavy (non-hydrogen) atoms. The quantitative estimate of drug-likeness (QED) is 0.456. The lowest BCUT2D eigenvalue weighted by molar-refractivity contribution is -0.115. The third-order valence-corrected chi connectivity index (χ3v) is 5.45. The van der Waals surface area contributed by atoms with Gasteiger partial charge in [0.2, 0.25) is 5.91 Å². The van der Waals surface area contributed by atoms with Crippen molar-refractivity contribution in [1.82, 2.24) is 9.55 Å². The lowest BCUT2D eigenvalue weighted by Crippen LogP contribution is -2.22. The van der Waals surface area contributed by atoms with Gasteiger partial charge in [0.25, 0.3) is 5.56 Å². The highest BCUT2D eigenvalue weighted by Crippen LogP contribution is 2.26. The van der Waals surface area contributed by atoms with Gasteiger partial charge in [0.15, 0.2) is 5.16 Å². The number of carbonyl (C=O) groups is 1. The fraction of sp³-hybridized carbons (Fsp3) is 0.211. The standard InChI is InChI=1S/C19H17Cl2N3O2S/c1-2-24-18(26)13-5-3-4-6-15(13)23-19(24)27-10-9-17(25)22-16-11-12(20)7-8-14(16)21/h3-8,11H,2,9-10H2,1H3,(H,22,25). The van der Waals surface area contributed by atoms with E-state index in [0.717, 1.165) is 0 Å². The smallest absolute Gasteiger partial charge is 0.262 e. The van der Waals surface area contributed by atoms with Crippen molar-refractivity contribution in [3.8, 4) is 0 Å². The fourth-order valence-corrected chi connectivity index (χ4v) is 3.92. The Labute approximate surface area is 170 Å². The fourth-order valence-electron chi connectivity index (χ4n) is 2.58. The van der Waals surface area contributed by atoms with Crippen LogP contribution in [0.1, 0.15) is 13.3 Å². The van der Waals surface area contributed by atoms with E-state index in [1.807, 2.05) is 25.1 Å². The molecule has 0 aliphatic heterocycles. The first kappa shape index (κ1) is 19.7. The number of amides is 1.